The van der Waals surface area contributed by atoms with E-state index in [9.17, 15) is 15.0 Å². The zero-order valence-corrected chi connectivity index (χ0v) is 21.4. The molecule has 35 heavy (non-hydrogen) atoms. The number of hydrogen-bond donors (Lipinski definition) is 3. The molecule has 3 rings (SSSR count). The number of carboxylic acid groups (broad SMARTS) is 1. The zero-order valence-electron chi connectivity index (χ0n) is 20.6. The number of phenolic OH excluding ortho intramolecular Hbond substituents is 1. The average molecular weight is 515 g/mol. The third-order valence-electron chi connectivity index (χ3n) is 5.41. The van der Waals surface area contributed by atoms with Crippen LogP contribution in [0.25, 0.3) is 0 Å². The topological polar surface area (TPSA) is 130 Å². The number of aliphatic carboxylic acids is 1. The van der Waals surface area contributed by atoms with Crippen LogP contribution in [-0.4, -0.2) is 116 Å². The van der Waals surface area contributed by atoms with E-state index in [2.05, 4.69) is 9.89 Å². The number of methoxy groups -OCH3 is 1. The molecule has 198 valence electrons. The molecule has 0 amide bonds. The van der Waals surface area contributed by atoms with E-state index in [0.717, 1.165) is 6.54 Å². The summed E-state index contributed by atoms with van der Waals surface area (Å²) in [5.41, 5.74) is -0.659. The highest BCUT2D eigenvalue weighted by Gasteiger charge is 2.39. The van der Waals surface area contributed by atoms with Crippen LogP contribution in [0.2, 0.25) is 0 Å². The summed E-state index contributed by atoms with van der Waals surface area (Å²) in [5, 5.41) is 28.5. The molecule has 10 nitrogen and oxygen atoms in total. The Balaban J connectivity index is 0.000000456. The quantitative estimate of drug-likeness (QED) is 0.316. The van der Waals surface area contributed by atoms with E-state index in [4.69, 9.17) is 24.1 Å². The SMILES string of the molecule is COCCOCCOCCOc1ccc(C2=N[C@@](C)(C(=O)O)CS2)c(O)c1.OCCN1CCCC1. The summed E-state index contributed by atoms with van der Waals surface area (Å²) in [6.07, 6.45) is 2.64. The van der Waals surface area contributed by atoms with E-state index in [-0.39, 0.29) is 5.75 Å². The number of phenols is 1. The van der Waals surface area contributed by atoms with Gasteiger partial charge in [0.1, 0.15) is 23.1 Å². The monoisotopic (exact) mass is 514 g/mol. The number of likely N-dealkylation sites (tertiary alicyclic amines) is 1. The molecule has 0 unspecified atom stereocenters. The lowest BCUT2D eigenvalue weighted by atomic mass is 10.1. The molecule has 1 saturated heterocycles. The van der Waals surface area contributed by atoms with Crippen LogP contribution in [0, 0.1) is 0 Å². The Bertz CT molecular complexity index is 804. The minimum absolute atomic E-state index is 0.000787. The summed E-state index contributed by atoms with van der Waals surface area (Å²) in [4.78, 5) is 17.8. The summed E-state index contributed by atoms with van der Waals surface area (Å²) in [6.45, 7) is 7.94. The van der Waals surface area contributed by atoms with Gasteiger partial charge in [-0.05, 0) is 45.0 Å². The van der Waals surface area contributed by atoms with Crippen molar-refractivity contribution in [2.24, 2.45) is 4.99 Å². The maximum Gasteiger partial charge on any atom is 0.332 e. The first-order valence-corrected chi connectivity index (χ1v) is 12.8. The second kappa shape index (κ2) is 16.0. The van der Waals surface area contributed by atoms with Gasteiger partial charge < -0.3 is 39.2 Å². The van der Waals surface area contributed by atoms with Gasteiger partial charge in [0.15, 0.2) is 5.54 Å². The maximum absolute atomic E-state index is 11.3. The lowest BCUT2D eigenvalue weighted by Crippen LogP contribution is -2.33. The number of carbonyl (C=O) groups is 1. The van der Waals surface area contributed by atoms with Gasteiger partial charge in [-0.25, -0.2) is 4.79 Å². The maximum atomic E-state index is 11.3. The van der Waals surface area contributed by atoms with Gasteiger partial charge in [-0.15, -0.1) is 11.8 Å². The van der Waals surface area contributed by atoms with Crippen molar-refractivity contribution in [3.05, 3.63) is 23.8 Å². The zero-order chi connectivity index (χ0) is 25.5. The number of nitrogens with zero attached hydrogens (tertiary/aromatic N) is 2. The number of hydrogen-bond acceptors (Lipinski definition) is 10. The summed E-state index contributed by atoms with van der Waals surface area (Å²) in [6, 6.07) is 4.87. The molecule has 1 fully saturated rings. The predicted molar refractivity (Wildman–Crippen MR) is 135 cm³/mol. The number of aromatic hydroxyl groups is 1. The first-order valence-electron chi connectivity index (χ1n) is 11.8. The van der Waals surface area contributed by atoms with Crippen molar-refractivity contribution in [2.75, 3.05) is 78.7 Å². The molecule has 1 aromatic carbocycles. The number of aliphatic hydroxyl groups is 1. The Hall–Kier alpha value is -1.89. The molecule has 2 aliphatic heterocycles. The van der Waals surface area contributed by atoms with E-state index < -0.39 is 11.5 Å². The van der Waals surface area contributed by atoms with Gasteiger partial charge in [-0.3, -0.25) is 4.99 Å². The molecular weight excluding hydrogens is 476 g/mol. The fraction of sp³-hybridized carbons (Fsp3) is 0.667. The molecule has 0 radical (unpaired) electrons. The lowest BCUT2D eigenvalue weighted by molar-refractivity contribution is -0.141. The Labute approximate surface area is 211 Å². The number of carboxylic acids is 1. The molecule has 0 saturated carbocycles. The highest BCUT2D eigenvalue weighted by molar-refractivity contribution is 8.14. The van der Waals surface area contributed by atoms with Crippen LogP contribution >= 0.6 is 11.8 Å². The first kappa shape index (κ1) is 29.3. The molecule has 11 heteroatoms. The smallest absolute Gasteiger partial charge is 0.332 e. The van der Waals surface area contributed by atoms with Crippen LogP contribution < -0.4 is 4.74 Å². The summed E-state index contributed by atoms with van der Waals surface area (Å²) < 4.78 is 21.1. The van der Waals surface area contributed by atoms with E-state index in [1.54, 1.807) is 26.2 Å². The van der Waals surface area contributed by atoms with Crippen molar-refractivity contribution >= 4 is 22.8 Å². The van der Waals surface area contributed by atoms with Crippen LogP contribution in [0.1, 0.15) is 25.3 Å². The van der Waals surface area contributed by atoms with E-state index >= 15 is 0 Å². The molecule has 0 bridgehead atoms. The van der Waals surface area contributed by atoms with Crippen LogP contribution in [0.5, 0.6) is 11.5 Å². The highest BCUT2D eigenvalue weighted by atomic mass is 32.2. The van der Waals surface area contributed by atoms with Gasteiger partial charge in [0.05, 0.1) is 39.6 Å². The van der Waals surface area contributed by atoms with Crippen molar-refractivity contribution in [3.8, 4) is 11.5 Å². The summed E-state index contributed by atoms with van der Waals surface area (Å²) in [7, 11) is 1.62. The molecule has 2 heterocycles. The van der Waals surface area contributed by atoms with E-state index in [0.29, 0.717) is 68.4 Å². The summed E-state index contributed by atoms with van der Waals surface area (Å²) in [5.74, 6) is -0.141. The Morgan fingerprint density at radius 3 is 2.34 bits per heavy atom. The fourth-order valence-corrected chi connectivity index (χ4v) is 4.56. The van der Waals surface area contributed by atoms with Crippen LogP contribution in [-0.2, 0) is 19.0 Å². The highest BCUT2D eigenvalue weighted by Crippen LogP contribution is 2.35. The van der Waals surface area contributed by atoms with Gasteiger partial charge in [-0.2, -0.15) is 0 Å². The van der Waals surface area contributed by atoms with Crippen molar-refractivity contribution in [3.63, 3.8) is 0 Å². The number of benzene rings is 1. The normalized spacial score (nSPS) is 19.8. The molecule has 0 aromatic heterocycles. The van der Waals surface area contributed by atoms with Crippen molar-refractivity contribution in [2.45, 2.75) is 25.3 Å². The van der Waals surface area contributed by atoms with Gasteiger partial charge in [-0.1, -0.05) is 0 Å². The van der Waals surface area contributed by atoms with E-state index in [1.165, 1.54) is 43.8 Å². The molecule has 0 spiro atoms. The van der Waals surface area contributed by atoms with Gasteiger partial charge in [0.2, 0.25) is 0 Å². The molecule has 0 aliphatic carbocycles. The second-order valence-electron chi connectivity index (χ2n) is 8.30. The molecular formula is C24H38N2O8S. The molecule has 1 aromatic rings. The fourth-order valence-electron chi connectivity index (χ4n) is 3.36. The number of thioether (sulfide) groups is 1. The van der Waals surface area contributed by atoms with Crippen molar-refractivity contribution in [1.82, 2.24) is 4.90 Å². The Morgan fingerprint density at radius 2 is 1.77 bits per heavy atom. The van der Waals surface area contributed by atoms with Gasteiger partial charge >= 0.3 is 5.97 Å². The number of aliphatic hydroxyl groups excluding tert-OH is 1. The standard InChI is InChI=1S/C18H25NO7S.C6H13NO/c1-18(17(21)22)12-27-16(19-18)14-4-3-13(11-15(14)20)26-10-9-25-8-7-24-6-5-23-2;8-6-5-7-3-1-2-4-7/h3-4,11,20H,5-10,12H2,1-2H3,(H,21,22);8H,1-6H2/t18-;/m1./s1. The van der Waals surface area contributed by atoms with Crippen LogP contribution in [0.3, 0.4) is 0 Å². The number of rotatable bonds is 14. The molecule has 3 N–H and O–H groups in total. The molecule has 1 atom stereocenters. The lowest BCUT2D eigenvalue weighted by Gasteiger charge is -2.12. The van der Waals surface area contributed by atoms with E-state index in [1.807, 2.05) is 0 Å². The third kappa shape index (κ3) is 10.3. The second-order valence-corrected chi connectivity index (χ2v) is 9.27. The number of β-amino-alcohol motifs (C(OH)–C–C–N with tert-alkyl or cyclic N) is 1. The van der Waals surface area contributed by atoms with Crippen molar-refractivity contribution < 1.29 is 39.1 Å². The minimum atomic E-state index is -1.16. The first-order chi connectivity index (χ1) is 16.9. The number of aliphatic imine (C=N–C) groups is 1. The summed E-state index contributed by atoms with van der Waals surface area (Å²) >= 11 is 1.31. The van der Waals surface area contributed by atoms with Crippen LogP contribution in [0.4, 0.5) is 0 Å². The number of ether oxygens (including phenoxy) is 4. The van der Waals surface area contributed by atoms with Crippen molar-refractivity contribution in [1.29, 1.82) is 0 Å². The average Bonchev–Trinajstić information content (AvgIpc) is 3.49. The Kier molecular flexibility index (Phi) is 13.4. The van der Waals surface area contributed by atoms with Crippen LogP contribution in [0.15, 0.2) is 23.2 Å². The predicted octanol–water partition coefficient (Wildman–Crippen LogP) is 1.86. The largest absolute Gasteiger partial charge is 0.507 e. The van der Waals surface area contributed by atoms with Gasteiger partial charge in [0.25, 0.3) is 0 Å². The minimum Gasteiger partial charge on any atom is -0.507 e. The third-order valence-corrected chi connectivity index (χ3v) is 6.70. The Morgan fingerprint density at radius 1 is 1.11 bits per heavy atom. The van der Waals surface area contributed by atoms with Gasteiger partial charge in [0, 0.05) is 31.0 Å². The molecule has 2 aliphatic rings.